The van der Waals surface area contributed by atoms with Gasteiger partial charge in [-0.05, 0) is 102 Å². The van der Waals surface area contributed by atoms with Gasteiger partial charge in [-0.1, -0.05) is 80.1 Å². The van der Waals surface area contributed by atoms with E-state index in [0.29, 0.717) is 55.0 Å². The van der Waals surface area contributed by atoms with Gasteiger partial charge < -0.3 is 25.6 Å². The Morgan fingerprint density at radius 2 is 1.78 bits per heavy atom. The molecule has 4 N–H and O–H groups in total. The predicted octanol–water partition coefficient (Wildman–Crippen LogP) is 7.61. The monoisotopic (exact) mass is 994 g/mol. The molecular formula is C52H53Cl2FN6O7S. The van der Waals surface area contributed by atoms with Crippen LogP contribution in [-0.4, -0.2) is 86.1 Å². The lowest BCUT2D eigenvalue weighted by molar-refractivity contribution is -0.137. The normalized spacial score (nSPS) is 26.0. The van der Waals surface area contributed by atoms with Crippen LogP contribution in [0, 0.1) is 34.4 Å². The summed E-state index contributed by atoms with van der Waals surface area (Å²) in [5, 5.41) is 13.0. The Morgan fingerprint density at radius 3 is 2.52 bits per heavy atom. The average molecular weight is 996 g/mol. The number of hydrogen-bond donors (Lipinski definition) is 4. The minimum absolute atomic E-state index is 0.0219. The number of fused-ring (bicyclic) bond motifs is 3. The first-order valence-corrected chi connectivity index (χ1v) is 25.5. The molecule has 0 aromatic heterocycles. The van der Waals surface area contributed by atoms with Crippen molar-refractivity contribution in [1.82, 2.24) is 19.8 Å². The number of carbonyl (C=O) groups excluding carboxylic acids is 4. The zero-order valence-electron chi connectivity index (χ0n) is 38.7. The zero-order valence-corrected chi connectivity index (χ0v) is 41.0. The summed E-state index contributed by atoms with van der Waals surface area (Å²) in [6.45, 7) is 7.62. The van der Waals surface area contributed by atoms with Crippen molar-refractivity contribution in [2.45, 2.75) is 100 Å². The molecule has 10 rings (SSSR count). The molecule has 4 fully saturated rings. The summed E-state index contributed by atoms with van der Waals surface area (Å²) in [5.41, 5.74) is 3.18. The van der Waals surface area contributed by atoms with Crippen LogP contribution < -0.4 is 26.0 Å². The molecule has 2 spiro atoms. The molecule has 69 heavy (non-hydrogen) atoms. The quantitative estimate of drug-likeness (QED) is 0.103. The Morgan fingerprint density at radius 1 is 1.01 bits per heavy atom. The number of hydrogen-bond acceptors (Lipinski definition) is 9. The van der Waals surface area contributed by atoms with Gasteiger partial charge in [-0.3, -0.25) is 24.5 Å². The van der Waals surface area contributed by atoms with Gasteiger partial charge in [-0.15, -0.1) is 0 Å². The first-order chi connectivity index (χ1) is 32.8. The van der Waals surface area contributed by atoms with Crippen molar-refractivity contribution in [2.24, 2.45) is 16.7 Å². The summed E-state index contributed by atoms with van der Waals surface area (Å²) in [7, 11) is -2.56. The van der Waals surface area contributed by atoms with E-state index in [1.165, 1.54) is 40.6 Å². The molecule has 4 aromatic carbocycles. The second kappa shape index (κ2) is 17.4. The van der Waals surface area contributed by atoms with Gasteiger partial charge in [0.15, 0.2) is 0 Å². The van der Waals surface area contributed by atoms with Crippen LogP contribution in [0.1, 0.15) is 97.8 Å². The van der Waals surface area contributed by atoms with Crippen molar-refractivity contribution >= 4 is 68.2 Å². The van der Waals surface area contributed by atoms with Gasteiger partial charge in [0.25, 0.3) is 5.91 Å². The molecule has 4 aromatic rings. The molecule has 1 aliphatic carbocycles. The van der Waals surface area contributed by atoms with E-state index < -0.39 is 51.1 Å². The van der Waals surface area contributed by atoms with E-state index in [0.717, 1.165) is 28.8 Å². The standard InChI is InChI=1S/C52H53Cl2FN6O7S/c1-50(2,3)26-42-52(28-56-39-23-31(53)13-15-36(39)52)44(34-9-6-10-37(54)45(34)55)46(58-42)48(64)57-38-16-14-32(24-41(38)68-4)69(66,67)60-21-19-51(20-22-60)25-30(51)12-11-29-7-5-8-33-35(29)27-61(49(33)65)40-17-18-43(62)59-47(40)63/h5-10,13-16,23-24,30,40,42,44,46,56,58H,17-22,25-28H2,1-4H3,(H,57,64)(H,59,62,63)/t30-,40-,42-,44-,46+,52-/m0/s1. The third kappa shape index (κ3) is 8.25. The maximum absolute atomic E-state index is 16.3. The fraction of sp³-hybridized carbons (Fsp3) is 0.423. The van der Waals surface area contributed by atoms with Crippen molar-refractivity contribution in [3.8, 4) is 17.6 Å². The number of anilines is 2. The minimum atomic E-state index is -3.97. The largest absolute Gasteiger partial charge is 0.495 e. The fourth-order valence-corrected chi connectivity index (χ4v) is 13.5. The molecule has 0 radical (unpaired) electrons. The number of piperidine rings is 2. The first kappa shape index (κ1) is 47.2. The third-order valence-corrected chi connectivity index (χ3v) is 17.7. The summed E-state index contributed by atoms with van der Waals surface area (Å²) in [6.07, 6.45) is 3.18. The Labute approximate surface area is 411 Å². The average Bonchev–Trinajstić information content (AvgIpc) is 3.51. The molecule has 0 bridgehead atoms. The molecule has 3 saturated heterocycles. The summed E-state index contributed by atoms with van der Waals surface area (Å²) >= 11 is 12.9. The van der Waals surface area contributed by atoms with Crippen molar-refractivity contribution in [2.75, 3.05) is 37.4 Å². The van der Waals surface area contributed by atoms with Crippen LogP contribution in [0.5, 0.6) is 5.75 Å². The van der Waals surface area contributed by atoms with Gasteiger partial charge in [-0.2, -0.15) is 4.31 Å². The summed E-state index contributed by atoms with van der Waals surface area (Å²) < 4.78 is 52.0. The molecular weight excluding hydrogens is 943 g/mol. The Hall–Kier alpha value is -5.50. The van der Waals surface area contributed by atoms with Crippen molar-refractivity contribution < 1.29 is 36.7 Å². The van der Waals surface area contributed by atoms with Crippen molar-refractivity contribution in [3.05, 3.63) is 116 Å². The summed E-state index contributed by atoms with van der Waals surface area (Å²) in [4.78, 5) is 54.0. The van der Waals surface area contributed by atoms with Crippen LogP contribution in [0.4, 0.5) is 15.8 Å². The van der Waals surface area contributed by atoms with Gasteiger partial charge in [0.2, 0.25) is 27.7 Å². The molecule has 1 saturated carbocycles. The SMILES string of the molecule is COc1cc(S(=O)(=O)N2CCC3(CC2)C[C@@H]3C#Cc2cccc3c2CN([C@H]2CCC(=O)NC2=O)C3=O)ccc1NC(=O)[C@@H]1N[C@@H](CC(C)(C)C)[C@@]2(CNc3cc(Cl)ccc32)[C@H]1c1cccc(Cl)c1F. The highest BCUT2D eigenvalue weighted by molar-refractivity contribution is 7.89. The summed E-state index contributed by atoms with van der Waals surface area (Å²) in [6, 6.07) is 18.3. The lowest BCUT2D eigenvalue weighted by atomic mass is 9.63. The molecule has 0 unspecified atom stereocenters. The maximum atomic E-state index is 16.3. The highest BCUT2D eigenvalue weighted by Crippen LogP contribution is 2.60. The predicted molar refractivity (Wildman–Crippen MR) is 260 cm³/mol. The smallest absolute Gasteiger partial charge is 0.255 e. The molecule has 5 heterocycles. The molecule has 6 aliphatic rings. The van der Waals surface area contributed by atoms with Gasteiger partial charge in [0.05, 0.1) is 28.8 Å². The first-order valence-electron chi connectivity index (χ1n) is 23.3. The third-order valence-electron chi connectivity index (χ3n) is 15.3. The lowest BCUT2D eigenvalue weighted by Crippen LogP contribution is -2.52. The summed E-state index contributed by atoms with van der Waals surface area (Å²) in [5.74, 6) is 4.10. The van der Waals surface area contributed by atoms with Crippen LogP contribution in [-0.2, 0) is 36.4 Å². The van der Waals surface area contributed by atoms with Crippen LogP contribution in [0.2, 0.25) is 10.0 Å². The van der Waals surface area contributed by atoms with Crippen LogP contribution >= 0.6 is 23.2 Å². The van der Waals surface area contributed by atoms with E-state index in [-0.39, 0.29) is 75.3 Å². The highest BCUT2D eigenvalue weighted by Gasteiger charge is 2.62. The van der Waals surface area contributed by atoms with Crippen LogP contribution in [0.3, 0.4) is 0 Å². The number of carbonyl (C=O) groups is 4. The highest BCUT2D eigenvalue weighted by atomic mass is 35.5. The van der Waals surface area contributed by atoms with E-state index in [4.69, 9.17) is 27.9 Å². The Kier molecular flexibility index (Phi) is 11.9. The number of benzene rings is 4. The van der Waals surface area contributed by atoms with Gasteiger partial charge in [0.1, 0.15) is 17.6 Å². The second-order valence-corrected chi connectivity index (χ2v) is 23.3. The number of methoxy groups -OCH3 is 1. The molecule has 13 nitrogen and oxygen atoms in total. The molecule has 360 valence electrons. The number of rotatable bonds is 8. The van der Waals surface area contributed by atoms with E-state index >= 15 is 4.39 Å². The second-order valence-electron chi connectivity index (χ2n) is 20.5. The van der Waals surface area contributed by atoms with E-state index in [2.05, 4.69) is 53.9 Å². The molecule has 6 atom stereocenters. The number of nitrogens with one attached hydrogen (secondary N) is 4. The number of ether oxygens (including phenoxy) is 1. The zero-order chi connectivity index (χ0) is 48.8. The fourth-order valence-electron chi connectivity index (χ4n) is 11.7. The molecule has 5 aliphatic heterocycles. The lowest BCUT2D eigenvalue weighted by Gasteiger charge is -2.39. The van der Waals surface area contributed by atoms with Crippen molar-refractivity contribution in [3.63, 3.8) is 0 Å². The number of nitrogens with zero attached hydrogens (tertiary/aromatic N) is 2. The minimum Gasteiger partial charge on any atom is -0.495 e. The van der Waals surface area contributed by atoms with E-state index in [1.807, 2.05) is 24.3 Å². The van der Waals surface area contributed by atoms with Crippen LogP contribution in [0.15, 0.2) is 77.7 Å². The number of imide groups is 1. The van der Waals surface area contributed by atoms with Gasteiger partial charge in [0, 0.05) is 83.8 Å². The topological polar surface area (TPSA) is 166 Å². The Bertz CT molecular complexity index is 3020. The van der Waals surface area contributed by atoms with Gasteiger partial charge >= 0.3 is 0 Å². The Balaban J connectivity index is 0.845. The number of halogens is 3. The molecule has 4 amide bonds. The van der Waals surface area contributed by atoms with E-state index in [9.17, 15) is 27.6 Å². The van der Waals surface area contributed by atoms with Crippen LogP contribution in [0.25, 0.3) is 0 Å². The maximum Gasteiger partial charge on any atom is 0.255 e. The molecule has 17 heteroatoms. The van der Waals surface area contributed by atoms with E-state index in [1.54, 1.807) is 24.3 Å². The van der Waals surface area contributed by atoms with Crippen molar-refractivity contribution in [1.29, 1.82) is 0 Å². The number of sulfonamides is 1. The number of amides is 4. The van der Waals surface area contributed by atoms with Gasteiger partial charge in [-0.25, -0.2) is 12.8 Å².